The first-order valence-corrected chi connectivity index (χ1v) is 7.57. The van der Waals surface area contributed by atoms with Gasteiger partial charge in [0.25, 0.3) is 0 Å². The molecule has 6 heteroatoms. The Kier molecular flexibility index (Phi) is 3.68. The molecule has 0 aliphatic carbocycles. The number of morpholine rings is 1. The second-order valence-corrected chi connectivity index (χ2v) is 7.30. The van der Waals surface area contributed by atoms with Crippen LogP contribution in [0.25, 0.3) is 0 Å². The topological polar surface area (TPSA) is 46.6 Å². The molecule has 1 fully saturated rings. The number of nitrogens with zero attached hydrogens (tertiary/aromatic N) is 1. The summed E-state index contributed by atoms with van der Waals surface area (Å²) in [6.07, 6.45) is 0. The van der Waals surface area contributed by atoms with E-state index in [0.29, 0.717) is 18.7 Å². The lowest BCUT2D eigenvalue weighted by molar-refractivity contribution is -0.0640. The van der Waals surface area contributed by atoms with Crippen LogP contribution in [0.15, 0.2) is 23.1 Å². The van der Waals surface area contributed by atoms with E-state index in [1.165, 1.54) is 16.4 Å². The van der Waals surface area contributed by atoms with Gasteiger partial charge in [-0.3, -0.25) is 0 Å². The van der Waals surface area contributed by atoms with Gasteiger partial charge >= 0.3 is 0 Å². The third-order valence-corrected chi connectivity index (χ3v) is 5.01. The Bertz CT molecular complexity index is 584. The molecule has 106 valence electrons. The van der Waals surface area contributed by atoms with Crippen LogP contribution in [0.1, 0.15) is 19.4 Å². The predicted octanol–water partition coefficient (Wildman–Crippen LogP) is 1.93. The number of ether oxygens (including phenoxy) is 1. The average molecular weight is 287 g/mol. The van der Waals surface area contributed by atoms with E-state index in [4.69, 9.17) is 4.74 Å². The quantitative estimate of drug-likeness (QED) is 0.835. The van der Waals surface area contributed by atoms with Crippen LogP contribution in [0.4, 0.5) is 4.39 Å². The lowest BCUT2D eigenvalue weighted by Crippen LogP contribution is -2.50. The van der Waals surface area contributed by atoms with Crippen molar-refractivity contribution in [2.24, 2.45) is 0 Å². The summed E-state index contributed by atoms with van der Waals surface area (Å²) >= 11 is 0. The van der Waals surface area contributed by atoms with E-state index in [1.54, 1.807) is 6.92 Å². The van der Waals surface area contributed by atoms with Gasteiger partial charge in [0.05, 0.1) is 17.1 Å². The van der Waals surface area contributed by atoms with Crippen molar-refractivity contribution in [1.29, 1.82) is 0 Å². The zero-order chi connectivity index (χ0) is 14.3. The van der Waals surface area contributed by atoms with Crippen molar-refractivity contribution in [1.82, 2.24) is 4.31 Å². The monoisotopic (exact) mass is 287 g/mol. The normalized spacial score (nSPS) is 20.4. The fourth-order valence-electron chi connectivity index (χ4n) is 2.06. The van der Waals surface area contributed by atoms with Crippen molar-refractivity contribution in [3.8, 4) is 0 Å². The first-order chi connectivity index (χ1) is 8.72. The van der Waals surface area contributed by atoms with E-state index in [2.05, 4.69) is 0 Å². The maximum absolute atomic E-state index is 13.5. The first kappa shape index (κ1) is 14.4. The van der Waals surface area contributed by atoms with Gasteiger partial charge in [0.2, 0.25) is 10.0 Å². The van der Waals surface area contributed by atoms with Gasteiger partial charge in [-0.15, -0.1) is 0 Å². The first-order valence-electron chi connectivity index (χ1n) is 6.13. The lowest BCUT2D eigenvalue weighted by atomic mass is 10.1. The summed E-state index contributed by atoms with van der Waals surface area (Å²) in [5, 5.41) is 0. The molecular formula is C13H18FNO3S. The molecule has 1 saturated heterocycles. The molecule has 0 unspecified atom stereocenters. The lowest BCUT2D eigenvalue weighted by Gasteiger charge is -2.37. The SMILES string of the molecule is Cc1ccc(S(=O)(=O)N2CCOC(C)(C)C2)cc1F. The van der Waals surface area contributed by atoms with Crippen LogP contribution >= 0.6 is 0 Å². The largest absolute Gasteiger partial charge is 0.373 e. The van der Waals surface area contributed by atoms with Crippen LogP contribution < -0.4 is 0 Å². The van der Waals surface area contributed by atoms with Crippen molar-refractivity contribution in [3.63, 3.8) is 0 Å². The number of halogens is 1. The van der Waals surface area contributed by atoms with Crippen LogP contribution in [0, 0.1) is 12.7 Å². The molecule has 1 aliphatic heterocycles. The molecule has 0 radical (unpaired) electrons. The molecule has 1 heterocycles. The Morgan fingerprint density at radius 2 is 2.05 bits per heavy atom. The van der Waals surface area contributed by atoms with Gasteiger partial charge in [-0.2, -0.15) is 4.31 Å². The van der Waals surface area contributed by atoms with E-state index >= 15 is 0 Å². The minimum atomic E-state index is -3.66. The van der Waals surface area contributed by atoms with E-state index in [-0.39, 0.29) is 11.4 Å². The summed E-state index contributed by atoms with van der Waals surface area (Å²) in [7, 11) is -3.66. The second-order valence-electron chi connectivity index (χ2n) is 5.36. The average Bonchev–Trinajstić information content (AvgIpc) is 2.31. The highest BCUT2D eigenvalue weighted by Crippen LogP contribution is 2.24. The fourth-order valence-corrected chi connectivity index (χ4v) is 3.65. The number of benzene rings is 1. The predicted molar refractivity (Wildman–Crippen MR) is 69.9 cm³/mol. The molecule has 0 amide bonds. The standard InChI is InChI=1S/C13H18FNO3S/c1-10-4-5-11(8-12(10)14)19(16,17)15-6-7-18-13(2,3)9-15/h4-5,8H,6-7,9H2,1-3H3. The number of sulfonamides is 1. The molecule has 19 heavy (non-hydrogen) atoms. The molecule has 0 atom stereocenters. The number of hydrogen-bond donors (Lipinski definition) is 0. The molecule has 1 aromatic carbocycles. The van der Waals surface area contributed by atoms with Gasteiger partial charge in [0.1, 0.15) is 5.82 Å². The number of aryl methyl sites for hydroxylation is 1. The molecule has 0 spiro atoms. The highest BCUT2D eigenvalue weighted by atomic mass is 32.2. The van der Waals surface area contributed by atoms with Gasteiger partial charge < -0.3 is 4.74 Å². The zero-order valence-electron chi connectivity index (χ0n) is 11.3. The molecular weight excluding hydrogens is 269 g/mol. The van der Waals surface area contributed by atoms with Gasteiger partial charge in [0.15, 0.2) is 0 Å². The Morgan fingerprint density at radius 3 is 2.63 bits per heavy atom. The van der Waals surface area contributed by atoms with Crippen molar-refractivity contribution < 1.29 is 17.5 Å². The Morgan fingerprint density at radius 1 is 1.37 bits per heavy atom. The van der Waals surface area contributed by atoms with Crippen molar-refractivity contribution >= 4 is 10.0 Å². The van der Waals surface area contributed by atoms with Crippen LogP contribution in [0.5, 0.6) is 0 Å². The molecule has 1 aromatic rings. The summed E-state index contributed by atoms with van der Waals surface area (Å²) < 4.78 is 45.2. The van der Waals surface area contributed by atoms with Crippen molar-refractivity contribution in [2.45, 2.75) is 31.3 Å². The zero-order valence-corrected chi connectivity index (χ0v) is 12.1. The Hall–Kier alpha value is -0.980. The van der Waals surface area contributed by atoms with Gasteiger partial charge in [-0.05, 0) is 38.5 Å². The highest BCUT2D eigenvalue weighted by molar-refractivity contribution is 7.89. The van der Waals surface area contributed by atoms with Crippen LogP contribution in [-0.2, 0) is 14.8 Å². The van der Waals surface area contributed by atoms with Crippen LogP contribution in [-0.4, -0.2) is 38.0 Å². The molecule has 0 bridgehead atoms. The number of hydrogen-bond acceptors (Lipinski definition) is 3. The van der Waals surface area contributed by atoms with Crippen molar-refractivity contribution in [2.75, 3.05) is 19.7 Å². The summed E-state index contributed by atoms with van der Waals surface area (Å²) in [5.74, 6) is -0.506. The highest BCUT2D eigenvalue weighted by Gasteiger charge is 2.35. The molecule has 2 rings (SSSR count). The van der Waals surface area contributed by atoms with Crippen molar-refractivity contribution in [3.05, 3.63) is 29.6 Å². The maximum Gasteiger partial charge on any atom is 0.243 e. The molecule has 0 saturated carbocycles. The van der Waals surface area contributed by atoms with E-state index in [1.807, 2.05) is 13.8 Å². The smallest absolute Gasteiger partial charge is 0.243 e. The number of rotatable bonds is 2. The summed E-state index contributed by atoms with van der Waals surface area (Å²) in [6, 6.07) is 4.00. The minimum Gasteiger partial charge on any atom is -0.373 e. The molecule has 0 N–H and O–H groups in total. The third kappa shape index (κ3) is 2.96. The molecule has 4 nitrogen and oxygen atoms in total. The summed E-state index contributed by atoms with van der Waals surface area (Å²) in [5.41, 5.74) is -0.0876. The van der Waals surface area contributed by atoms with Crippen LogP contribution in [0.3, 0.4) is 0 Å². The van der Waals surface area contributed by atoms with E-state index in [9.17, 15) is 12.8 Å². The minimum absolute atomic E-state index is 0.00620. The van der Waals surface area contributed by atoms with Gasteiger partial charge in [0, 0.05) is 13.1 Å². The summed E-state index contributed by atoms with van der Waals surface area (Å²) in [6.45, 7) is 6.19. The maximum atomic E-state index is 13.5. The fraction of sp³-hybridized carbons (Fsp3) is 0.538. The summed E-state index contributed by atoms with van der Waals surface area (Å²) in [4.78, 5) is -0.00620. The van der Waals surface area contributed by atoms with E-state index in [0.717, 1.165) is 6.07 Å². The Balaban J connectivity index is 2.34. The molecule has 0 aromatic heterocycles. The van der Waals surface area contributed by atoms with Crippen LogP contribution in [0.2, 0.25) is 0 Å². The van der Waals surface area contributed by atoms with Gasteiger partial charge in [-0.1, -0.05) is 6.07 Å². The molecule has 1 aliphatic rings. The van der Waals surface area contributed by atoms with Gasteiger partial charge in [-0.25, -0.2) is 12.8 Å². The van der Waals surface area contributed by atoms with E-state index < -0.39 is 21.4 Å². The third-order valence-electron chi connectivity index (χ3n) is 3.17. The second kappa shape index (κ2) is 4.85. The Labute approximate surface area is 113 Å².